The Kier molecular flexibility index (Phi) is 5.86. The van der Waals surface area contributed by atoms with Crippen LogP contribution in [0, 0.1) is 0 Å². The smallest absolute Gasteiger partial charge is 0.235 e. The van der Waals surface area contributed by atoms with Crippen LogP contribution in [0.3, 0.4) is 0 Å². The van der Waals surface area contributed by atoms with Crippen LogP contribution in [0.5, 0.6) is 0 Å². The van der Waals surface area contributed by atoms with Crippen LogP contribution in [-0.4, -0.2) is 18.9 Å². The number of nitrogens with zero attached hydrogens (tertiary/aromatic N) is 4. The van der Waals surface area contributed by atoms with E-state index in [1.54, 1.807) is 0 Å². The van der Waals surface area contributed by atoms with Gasteiger partial charge in [0.15, 0.2) is 0 Å². The minimum Gasteiger partial charge on any atom is -0.308 e. The van der Waals surface area contributed by atoms with E-state index in [0.717, 1.165) is 33.2 Å². The molecule has 0 aliphatic heterocycles. The molecule has 0 aliphatic rings. The van der Waals surface area contributed by atoms with E-state index in [9.17, 15) is 0 Å². The molecule has 0 saturated heterocycles. The SMILES string of the molecule is c1ccc(-c2ccc3c4cc5c(c6ccccc6n5-c5nc(-c6cc7ccccc7c7ccccc67)c6ccccc6n5)c5c6ccccc6n(c3c2)c45)cc1. The molecule has 0 radical (unpaired) electrons. The molecular formula is C52H30N4. The van der Waals surface area contributed by atoms with Crippen LogP contribution in [0.1, 0.15) is 0 Å². The molecule has 0 amide bonds. The highest BCUT2D eigenvalue weighted by atomic mass is 15.2. The van der Waals surface area contributed by atoms with E-state index >= 15 is 0 Å². The summed E-state index contributed by atoms with van der Waals surface area (Å²) in [5.74, 6) is 0.662. The van der Waals surface area contributed by atoms with Crippen LogP contribution in [0.2, 0.25) is 0 Å². The Balaban J connectivity index is 1.18. The van der Waals surface area contributed by atoms with Crippen LogP contribution in [0.15, 0.2) is 182 Å². The van der Waals surface area contributed by atoms with Crippen molar-refractivity contribution in [1.82, 2.24) is 18.9 Å². The molecule has 13 rings (SSSR count). The predicted octanol–water partition coefficient (Wildman–Crippen LogP) is 13.5. The van der Waals surface area contributed by atoms with Crippen molar-refractivity contribution in [1.29, 1.82) is 0 Å². The fourth-order valence-corrected chi connectivity index (χ4v) is 9.66. The van der Waals surface area contributed by atoms with Gasteiger partial charge in [0.05, 0.1) is 38.8 Å². The fraction of sp³-hybridized carbons (Fsp3) is 0. The van der Waals surface area contributed by atoms with E-state index < -0.39 is 0 Å². The summed E-state index contributed by atoms with van der Waals surface area (Å²) in [6.45, 7) is 0. The lowest BCUT2D eigenvalue weighted by Gasteiger charge is -2.15. The zero-order valence-electron chi connectivity index (χ0n) is 30.1. The van der Waals surface area contributed by atoms with Crippen molar-refractivity contribution in [3.05, 3.63) is 182 Å². The summed E-state index contributed by atoms with van der Waals surface area (Å²) in [6.07, 6.45) is 0. The minimum absolute atomic E-state index is 0.662. The molecule has 0 saturated carbocycles. The molecule has 258 valence electrons. The van der Waals surface area contributed by atoms with Gasteiger partial charge in [-0.25, -0.2) is 9.97 Å². The van der Waals surface area contributed by atoms with Gasteiger partial charge in [-0.3, -0.25) is 4.57 Å². The highest BCUT2D eigenvalue weighted by Crippen LogP contribution is 2.47. The molecule has 0 bridgehead atoms. The van der Waals surface area contributed by atoms with Gasteiger partial charge in [0, 0.05) is 43.3 Å². The monoisotopic (exact) mass is 710 g/mol. The summed E-state index contributed by atoms with van der Waals surface area (Å²) >= 11 is 0. The highest BCUT2D eigenvalue weighted by molar-refractivity contribution is 6.35. The zero-order valence-corrected chi connectivity index (χ0v) is 30.1. The summed E-state index contributed by atoms with van der Waals surface area (Å²) in [5.41, 5.74) is 11.2. The molecule has 4 heterocycles. The fourth-order valence-electron chi connectivity index (χ4n) is 9.66. The average Bonchev–Trinajstić information content (AvgIpc) is 3.90. The first-order valence-corrected chi connectivity index (χ1v) is 19.2. The first-order chi connectivity index (χ1) is 27.8. The number of hydrogen-bond donors (Lipinski definition) is 0. The molecule has 0 N–H and O–H groups in total. The Bertz CT molecular complexity index is 3760. The molecule has 4 heteroatoms. The van der Waals surface area contributed by atoms with Crippen molar-refractivity contribution in [3.63, 3.8) is 0 Å². The molecule has 4 aromatic heterocycles. The highest BCUT2D eigenvalue weighted by Gasteiger charge is 2.25. The predicted molar refractivity (Wildman–Crippen MR) is 234 cm³/mol. The third-order valence-corrected chi connectivity index (χ3v) is 12.0. The van der Waals surface area contributed by atoms with Crippen LogP contribution >= 0.6 is 0 Å². The van der Waals surface area contributed by atoms with Gasteiger partial charge < -0.3 is 4.40 Å². The lowest BCUT2D eigenvalue weighted by Crippen LogP contribution is -2.03. The Morgan fingerprint density at radius 2 is 1.02 bits per heavy atom. The van der Waals surface area contributed by atoms with Crippen molar-refractivity contribution in [2.24, 2.45) is 0 Å². The summed E-state index contributed by atoms with van der Waals surface area (Å²) in [6, 6.07) is 65.7. The number of fused-ring (bicyclic) bond motifs is 14. The molecule has 0 aliphatic carbocycles. The summed E-state index contributed by atoms with van der Waals surface area (Å²) < 4.78 is 4.80. The minimum atomic E-state index is 0.662. The maximum absolute atomic E-state index is 5.61. The van der Waals surface area contributed by atoms with Gasteiger partial charge in [0.25, 0.3) is 0 Å². The normalized spacial score (nSPS) is 12.3. The van der Waals surface area contributed by atoms with Gasteiger partial charge in [0.1, 0.15) is 0 Å². The third-order valence-electron chi connectivity index (χ3n) is 12.0. The lowest BCUT2D eigenvalue weighted by atomic mass is 9.94. The van der Waals surface area contributed by atoms with Gasteiger partial charge in [0.2, 0.25) is 5.95 Å². The first kappa shape index (κ1) is 29.8. The van der Waals surface area contributed by atoms with E-state index in [1.165, 1.54) is 81.5 Å². The number of hydrogen-bond acceptors (Lipinski definition) is 2. The molecule has 56 heavy (non-hydrogen) atoms. The van der Waals surface area contributed by atoms with Gasteiger partial charge >= 0.3 is 0 Å². The van der Waals surface area contributed by atoms with Crippen molar-refractivity contribution < 1.29 is 0 Å². The van der Waals surface area contributed by atoms with Gasteiger partial charge in [-0.05, 0) is 69.1 Å². The van der Waals surface area contributed by atoms with Gasteiger partial charge in [-0.2, -0.15) is 0 Å². The number of aromatic nitrogens is 4. The summed E-state index contributed by atoms with van der Waals surface area (Å²) in [5, 5.41) is 13.2. The molecule has 0 unspecified atom stereocenters. The standard InChI is InChI=1S/C52H30N4/c1-2-14-31(15-3-1)32-26-27-37-42-30-47-48(49-40-22-10-12-24-44(40)55(51(42)49)46(37)29-32)39-21-9-13-25-45(39)56(47)52-53-43-23-11-8-20-38(43)50(54-52)41-28-33-16-4-5-17-34(33)35-18-6-7-19-36(35)41/h1-30H. The van der Waals surface area contributed by atoms with Gasteiger partial charge in [-0.1, -0.05) is 146 Å². The number of para-hydroxylation sites is 3. The van der Waals surface area contributed by atoms with Gasteiger partial charge in [-0.15, -0.1) is 0 Å². The van der Waals surface area contributed by atoms with E-state index in [-0.39, 0.29) is 0 Å². The maximum Gasteiger partial charge on any atom is 0.235 e. The van der Waals surface area contributed by atoms with E-state index in [4.69, 9.17) is 9.97 Å². The molecule has 9 aromatic carbocycles. The first-order valence-electron chi connectivity index (χ1n) is 19.2. The Hall–Kier alpha value is -7.56. The summed E-state index contributed by atoms with van der Waals surface area (Å²) in [7, 11) is 0. The topological polar surface area (TPSA) is 35.1 Å². The molecule has 4 nitrogen and oxygen atoms in total. The quantitative estimate of drug-likeness (QED) is 0.171. The van der Waals surface area contributed by atoms with Crippen LogP contribution < -0.4 is 0 Å². The molecule has 0 atom stereocenters. The molecule has 0 spiro atoms. The number of rotatable bonds is 3. The molecule has 13 aromatic rings. The van der Waals surface area contributed by atoms with Crippen molar-refractivity contribution in [2.75, 3.05) is 0 Å². The van der Waals surface area contributed by atoms with Crippen molar-refractivity contribution in [2.45, 2.75) is 0 Å². The third kappa shape index (κ3) is 3.92. The maximum atomic E-state index is 5.61. The lowest BCUT2D eigenvalue weighted by molar-refractivity contribution is 1.01. The summed E-state index contributed by atoms with van der Waals surface area (Å²) in [4.78, 5) is 11.0. The Morgan fingerprint density at radius 1 is 0.357 bits per heavy atom. The van der Waals surface area contributed by atoms with Crippen LogP contribution in [0.4, 0.5) is 0 Å². The average molecular weight is 711 g/mol. The van der Waals surface area contributed by atoms with E-state index in [1.807, 2.05) is 0 Å². The largest absolute Gasteiger partial charge is 0.308 e. The second kappa shape index (κ2) is 11.0. The van der Waals surface area contributed by atoms with Crippen molar-refractivity contribution >= 4 is 92.3 Å². The van der Waals surface area contributed by atoms with E-state index in [0.29, 0.717) is 5.95 Å². The second-order valence-corrected chi connectivity index (χ2v) is 14.9. The Labute approximate surface area is 320 Å². The van der Waals surface area contributed by atoms with E-state index in [2.05, 4.69) is 191 Å². The number of benzene rings is 9. The molecular weight excluding hydrogens is 681 g/mol. The second-order valence-electron chi connectivity index (χ2n) is 14.9. The van der Waals surface area contributed by atoms with Crippen LogP contribution in [0.25, 0.3) is 121 Å². The van der Waals surface area contributed by atoms with Crippen LogP contribution in [-0.2, 0) is 0 Å². The Morgan fingerprint density at radius 3 is 1.86 bits per heavy atom. The molecule has 0 fully saturated rings. The van der Waals surface area contributed by atoms with Crippen molar-refractivity contribution in [3.8, 4) is 28.3 Å². The zero-order chi connectivity index (χ0) is 36.5.